The number of thiophene rings is 1. The van der Waals surface area contributed by atoms with Crippen molar-refractivity contribution in [3.8, 4) is 0 Å². The van der Waals surface area contributed by atoms with E-state index >= 15 is 0 Å². The van der Waals surface area contributed by atoms with Crippen molar-refractivity contribution in [3.63, 3.8) is 0 Å². The van der Waals surface area contributed by atoms with E-state index in [2.05, 4.69) is 69.0 Å². The minimum Gasteiger partial charge on any atom is -0.142 e. The lowest BCUT2D eigenvalue weighted by molar-refractivity contribution is 1.50. The molecular weight excluding hydrogens is 426 g/mol. The molecular formula is C9H6I2S2. The predicted octanol–water partition coefficient (Wildman–Crippen LogP) is 4.83. The summed E-state index contributed by atoms with van der Waals surface area (Å²) in [5, 5.41) is 3.62. The summed E-state index contributed by atoms with van der Waals surface area (Å²) >= 11 is 8.46. The Morgan fingerprint density at radius 2 is 2.00 bits per heavy atom. The first-order chi connectivity index (χ1) is 6.22. The molecule has 0 amide bonds. The van der Waals surface area contributed by atoms with Crippen molar-refractivity contribution < 1.29 is 0 Å². The molecule has 1 aromatic heterocycles. The number of fused-ring (bicyclic) bond motifs is 1. The highest BCUT2D eigenvalue weighted by Crippen LogP contribution is 2.34. The van der Waals surface area contributed by atoms with Crippen LogP contribution in [-0.2, 0) is 0 Å². The first kappa shape index (κ1) is 10.5. The molecule has 0 N–H and O–H groups in total. The van der Waals surface area contributed by atoms with Crippen LogP contribution in [0.5, 0.6) is 0 Å². The van der Waals surface area contributed by atoms with Crippen LogP contribution in [-0.4, -0.2) is 6.26 Å². The fourth-order valence-corrected chi connectivity index (χ4v) is 4.65. The van der Waals surface area contributed by atoms with Crippen LogP contribution in [0.4, 0.5) is 0 Å². The molecule has 0 aliphatic rings. The molecule has 0 radical (unpaired) electrons. The molecule has 0 aliphatic carbocycles. The Labute approximate surface area is 113 Å². The van der Waals surface area contributed by atoms with Crippen molar-refractivity contribution in [1.29, 1.82) is 0 Å². The largest absolute Gasteiger partial charge is 0.142 e. The molecule has 1 heterocycles. The standard InChI is InChI=1S/C9H6I2S2/c1-12-5-2-6-8(11)4-13-9(6)7(10)3-5/h2-4H,1H3. The molecule has 0 fully saturated rings. The third-order valence-electron chi connectivity index (χ3n) is 1.79. The van der Waals surface area contributed by atoms with Crippen LogP contribution in [0.1, 0.15) is 0 Å². The van der Waals surface area contributed by atoms with Crippen LogP contribution in [0.15, 0.2) is 22.4 Å². The number of benzene rings is 1. The van der Waals surface area contributed by atoms with Gasteiger partial charge in [0.15, 0.2) is 0 Å². The Balaban J connectivity index is 2.80. The van der Waals surface area contributed by atoms with E-state index in [1.165, 1.54) is 22.1 Å². The van der Waals surface area contributed by atoms with Crippen LogP contribution < -0.4 is 0 Å². The lowest BCUT2D eigenvalue weighted by Crippen LogP contribution is -1.76. The topological polar surface area (TPSA) is 0 Å². The van der Waals surface area contributed by atoms with Crippen molar-refractivity contribution in [3.05, 3.63) is 24.7 Å². The summed E-state index contributed by atoms with van der Waals surface area (Å²) < 4.78 is 4.15. The van der Waals surface area contributed by atoms with E-state index in [0.29, 0.717) is 0 Å². The van der Waals surface area contributed by atoms with Gasteiger partial charge < -0.3 is 0 Å². The fraction of sp³-hybridized carbons (Fsp3) is 0.111. The Hall–Kier alpha value is 0.990. The molecule has 0 unspecified atom stereocenters. The van der Waals surface area contributed by atoms with Gasteiger partial charge in [-0.2, -0.15) is 0 Å². The van der Waals surface area contributed by atoms with E-state index in [4.69, 9.17) is 0 Å². The lowest BCUT2D eigenvalue weighted by atomic mass is 10.3. The zero-order chi connectivity index (χ0) is 9.42. The van der Waals surface area contributed by atoms with Gasteiger partial charge in [-0.15, -0.1) is 23.1 Å². The average Bonchev–Trinajstić information content (AvgIpc) is 2.48. The maximum Gasteiger partial charge on any atom is 0.0488 e. The summed E-state index contributed by atoms with van der Waals surface area (Å²) in [7, 11) is 0. The molecule has 68 valence electrons. The zero-order valence-corrected chi connectivity index (χ0v) is 12.8. The minimum absolute atomic E-state index is 1.35. The SMILES string of the molecule is CSc1cc(I)c2scc(I)c2c1. The van der Waals surface area contributed by atoms with Gasteiger partial charge in [-0.05, 0) is 63.6 Å². The number of hydrogen-bond acceptors (Lipinski definition) is 2. The monoisotopic (exact) mass is 432 g/mol. The van der Waals surface area contributed by atoms with Crippen LogP contribution in [0.2, 0.25) is 0 Å². The summed E-state index contributed by atoms with van der Waals surface area (Å²) in [4.78, 5) is 1.35. The van der Waals surface area contributed by atoms with Gasteiger partial charge in [0, 0.05) is 27.5 Å². The van der Waals surface area contributed by atoms with Gasteiger partial charge in [0.25, 0.3) is 0 Å². The predicted molar refractivity (Wildman–Crippen MR) is 79.0 cm³/mol. The van der Waals surface area contributed by atoms with Crippen LogP contribution >= 0.6 is 68.3 Å². The van der Waals surface area contributed by atoms with Gasteiger partial charge in [0.05, 0.1) is 0 Å². The van der Waals surface area contributed by atoms with Gasteiger partial charge in [-0.25, -0.2) is 0 Å². The highest BCUT2D eigenvalue weighted by atomic mass is 127. The van der Waals surface area contributed by atoms with Crippen molar-refractivity contribution in [2.24, 2.45) is 0 Å². The number of rotatable bonds is 1. The summed E-state index contributed by atoms with van der Waals surface area (Å²) in [6.07, 6.45) is 2.12. The third kappa shape index (κ3) is 2.00. The van der Waals surface area contributed by atoms with Crippen LogP contribution in [0, 0.1) is 7.14 Å². The maximum atomic E-state index is 2.41. The lowest BCUT2D eigenvalue weighted by Gasteiger charge is -1.99. The third-order valence-corrected chi connectivity index (χ3v) is 6.06. The van der Waals surface area contributed by atoms with Gasteiger partial charge in [-0.3, -0.25) is 0 Å². The first-order valence-corrected chi connectivity index (χ1v) is 7.89. The van der Waals surface area contributed by atoms with Gasteiger partial charge in [0.2, 0.25) is 0 Å². The molecule has 0 nitrogen and oxygen atoms in total. The van der Waals surface area contributed by atoms with E-state index in [9.17, 15) is 0 Å². The summed E-state index contributed by atoms with van der Waals surface area (Å²) in [5.41, 5.74) is 0. The second-order valence-electron chi connectivity index (χ2n) is 2.57. The van der Waals surface area contributed by atoms with Gasteiger partial charge in [0.1, 0.15) is 0 Å². The Bertz CT molecular complexity index is 448. The van der Waals surface area contributed by atoms with Gasteiger partial charge in [-0.1, -0.05) is 0 Å². The average molecular weight is 432 g/mol. The van der Waals surface area contributed by atoms with Crippen molar-refractivity contribution in [2.45, 2.75) is 4.90 Å². The molecule has 0 saturated heterocycles. The highest BCUT2D eigenvalue weighted by molar-refractivity contribution is 14.1. The van der Waals surface area contributed by atoms with Crippen molar-refractivity contribution in [2.75, 3.05) is 6.26 Å². The molecule has 4 heteroatoms. The second kappa shape index (κ2) is 4.24. The fourth-order valence-electron chi connectivity index (χ4n) is 1.16. The van der Waals surface area contributed by atoms with Crippen molar-refractivity contribution in [1.82, 2.24) is 0 Å². The molecule has 1 aromatic carbocycles. The summed E-state index contributed by atoms with van der Waals surface area (Å²) in [6, 6.07) is 4.53. The normalized spacial score (nSPS) is 11.0. The van der Waals surface area contributed by atoms with Crippen molar-refractivity contribution >= 4 is 78.4 Å². The maximum absolute atomic E-state index is 2.41. The van der Waals surface area contributed by atoms with E-state index in [1.54, 1.807) is 11.8 Å². The molecule has 0 bridgehead atoms. The van der Waals surface area contributed by atoms with E-state index in [0.717, 1.165) is 0 Å². The molecule has 0 spiro atoms. The first-order valence-electron chi connectivity index (χ1n) is 3.62. The molecule has 0 aliphatic heterocycles. The van der Waals surface area contributed by atoms with Gasteiger partial charge >= 0.3 is 0 Å². The van der Waals surface area contributed by atoms with E-state index < -0.39 is 0 Å². The number of hydrogen-bond donors (Lipinski definition) is 0. The molecule has 2 aromatic rings. The smallest absolute Gasteiger partial charge is 0.0488 e. The molecule has 2 rings (SSSR count). The summed E-state index contributed by atoms with van der Waals surface area (Å²) in [6.45, 7) is 0. The Morgan fingerprint density at radius 1 is 1.23 bits per heavy atom. The molecule has 0 saturated carbocycles. The Morgan fingerprint density at radius 3 is 2.69 bits per heavy atom. The quantitative estimate of drug-likeness (QED) is 0.460. The minimum atomic E-state index is 1.35. The summed E-state index contributed by atoms with van der Waals surface area (Å²) in [5.74, 6) is 0. The van der Waals surface area contributed by atoms with E-state index in [-0.39, 0.29) is 0 Å². The number of thioether (sulfide) groups is 1. The molecule has 13 heavy (non-hydrogen) atoms. The number of halogens is 2. The zero-order valence-electron chi connectivity index (χ0n) is 6.80. The van der Waals surface area contributed by atoms with E-state index in [1.807, 2.05) is 11.3 Å². The molecule has 0 atom stereocenters. The Kier molecular flexibility index (Phi) is 3.43. The second-order valence-corrected chi connectivity index (χ2v) is 6.65. The van der Waals surface area contributed by atoms with Crippen LogP contribution in [0.3, 0.4) is 0 Å². The van der Waals surface area contributed by atoms with Crippen LogP contribution in [0.25, 0.3) is 10.1 Å². The highest BCUT2D eigenvalue weighted by Gasteiger charge is 2.06.